The zero-order valence-electron chi connectivity index (χ0n) is 19.7. The van der Waals surface area contributed by atoms with Gasteiger partial charge in [0.15, 0.2) is 0 Å². The molecule has 5 rings (SSSR count). The molecule has 2 N–H and O–H groups in total. The predicted octanol–water partition coefficient (Wildman–Crippen LogP) is 6.49. The standard InChI is InChI=1S/C30H34N2O/c1-21-17-22(2)29-27(18-21)28(23-11-5-3-6-12-23)30(24-13-7-4-8-14-24)32(29)20-26(33)19-31-25-15-9-10-16-25/h3-8,11-14,17-18,25-26,31,33H,9-10,15-16,19-20H2,1-2H3/t26-/m1/s1. The Labute approximate surface area is 197 Å². The van der Waals surface area contributed by atoms with Crippen LogP contribution in [-0.2, 0) is 6.54 Å². The minimum Gasteiger partial charge on any atom is -0.390 e. The van der Waals surface area contributed by atoms with E-state index in [1.165, 1.54) is 70.1 Å². The summed E-state index contributed by atoms with van der Waals surface area (Å²) in [5, 5.41) is 16.0. The van der Waals surface area contributed by atoms with Crippen molar-refractivity contribution in [2.75, 3.05) is 6.54 Å². The summed E-state index contributed by atoms with van der Waals surface area (Å²) in [7, 11) is 0. The quantitative estimate of drug-likeness (QED) is 0.346. The average molecular weight is 439 g/mol. The third kappa shape index (κ3) is 4.48. The van der Waals surface area contributed by atoms with Crippen molar-refractivity contribution in [3.8, 4) is 22.4 Å². The molecule has 1 fully saturated rings. The number of aliphatic hydroxyl groups is 1. The number of benzene rings is 3. The Morgan fingerprint density at radius 1 is 0.909 bits per heavy atom. The molecule has 0 amide bonds. The fourth-order valence-corrected chi connectivity index (χ4v) is 5.57. The minimum atomic E-state index is -0.451. The molecule has 0 saturated heterocycles. The summed E-state index contributed by atoms with van der Waals surface area (Å²) in [6, 6.07) is 26.4. The number of aliphatic hydroxyl groups excluding tert-OH is 1. The van der Waals surface area contributed by atoms with Gasteiger partial charge in [0.05, 0.1) is 23.9 Å². The summed E-state index contributed by atoms with van der Waals surface area (Å²) >= 11 is 0. The Morgan fingerprint density at radius 2 is 1.55 bits per heavy atom. The van der Waals surface area contributed by atoms with Crippen LogP contribution in [0.1, 0.15) is 36.8 Å². The van der Waals surface area contributed by atoms with E-state index in [2.05, 4.69) is 96.5 Å². The molecule has 0 unspecified atom stereocenters. The first-order valence-electron chi connectivity index (χ1n) is 12.3. The second-order valence-corrected chi connectivity index (χ2v) is 9.59. The van der Waals surface area contributed by atoms with E-state index < -0.39 is 6.10 Å². The highest BCUT2D eigenvalue weighted by molar-refractivity contribution is 6.06. The van der Waals surface area contributed by atoms with Crippen molar-refractivity contribution in [1.29, 1.82) is 0 Å². The zero-order valence-corrected chi connectivity index (χ0v) is 19.7. The number of fused-ring (bicyclic) bond motifs is 1. The monoisotopic (exact) mass is 438 g/mol. The van der Waals surface area contributed by atoms with Gasteiger partial charge < -0.3 is 15.0 Å². The maximum absolute atomic E-state index is 11.1. The maximum atomic E-state index is 11.1. The van der Waals surface area contributed by atoms with Gasteiger partial charge in [0.2, 0.25) is 0 Å². The van der Waals surface area contributed by atoms with Crippen molar-refractivity contribution < 1.29 is 5.11 Å². The first kappa shape index (κ1) is 21.9. The van der Waals surface area contributed by atoms with Crippen LogP contribution < -0.4 is 5.32 Å². The van der Waals surface area contributed by atoms with Gasteiger partial charge in [-0.15, -0.1) is 0 Å². The highest BCUT2D eigenvalue weighted by atomic mass is 16.3. The summed E-state index contributed by atoms with van der Waals surface area (Å²) in [5.74, 6) is 0. The normalized spacial score (nSPS) is 15.4. The van der Waals surface area contributed by atoms with Gasteiger partial charge in [-0.3, -0.25) is 0 Å². The molecule has 1 aromatic heterocycles. The average Bonchev–Trinajstić information content (AvgIpc) is 3.45. The smallest absolute Gasteiger partial charge is 0.0843 e. The van der Waals surface area contributed by atoms with Gasteiger partial charge >= 0.3 is 0 Å². The van der Waals surface area contributed by atoms with Crippen LogP contribution in [0.5, 0.6) is 0 Å². The van der Waals surface area contributed by atoms with Gasteiger partial charge in [-0.25, -0.2) is 0 Å². The number of hydrogen-bond acceptors (Lipinski definition) is 2. The van der Waals surface area contributed by atoms with Crippen LogP contribution in [0.2, 0.25) is 0 Å². The van der Waals surface area contributed by atoms with Crippen LogP contribution in [0.25, 0.3) is 33.3 Å². The summed E-state index contributed by atoms with van der Waals surface area (Å²) in [4.78, 5) is 0. The third-order valence-corrected chi connectivity index (χ3v) is 6.99. The molecule has 1 saturated carbocycles. The van der Waals surface area contributed by atoms with Gasteiger partial charge in [0.25, 0.3) is 0 Å². The van der Waals surface area contributed by atoms with Crippen LogP contribution in [0.4, 0.5) is 0 Å². The highest BCUT2D eigenvalue weighted by Crippen LogP contribution is 2.42. The van der Waals surface area contributed by atoms with E-state index in [0.717, 1.165) is 0 Å². The van der Waals surface area contributed by atoms with E-state index >= 15 is 0 Å². The Morgan fingerprint density at radius 3 is 2.21 bits per heavy atom. The van der Waals surface area contributed by atoms with Crippen molar-refractivity contribution in [2.24, 2.45) is 0 Å². The largest absolute Gasteiger partial charge is 0.390 e. The second kappa shape index (κ2) is 9.54. The van der Waals surface area contributed by atoms with Crippen molar-refractivity contribution in [3.05, 3.63) is 83.9 Å². The molecule has 1 atom stereocenters. The molecule has 1 aliphatic rings. The lowest BCUT2D eigenvalue weighted by molar-refractivity contribution is 0.149. The first-order chi connectivity index (χ1) is 16.1. The van der Waals surface area contributed by atoms with Crippen molar-refractivity contribution in [2.45, 2.75) is 58.2 Å². The van der Waals surface area contributed by atoms with E-state index in [4.69, 9.17) is 0 Å². The Kier molecular flexibility index (Phi) is 6.34. The topological polar surface area (TPSA) is 37.2 Å². The summed E-state index contributed by atoms with van der Waals surface area (Å²) in [6.07, 6.45) is 4.60. The zero-order chi connectivity index (χ0) is 22.8. The van der Waals surface area contributed by atoms with Gasteiger partial charge in [-0.2, -0.15) is 0 Å². The molecule has 1 heterocycles. The summed E-state index contributed by atoms with van der Waals surface area (Å²) in [6.45, 7) is 5.56. The molecule has 33 heavy (non-hydrogen) atoms. The molecule has 3 aromatic carbocycles. The van der Waals surface area contributed by atoms with Gasteiger partial charge in [-0.05, 0) is 49.4 Å². The van der Waals surface area contributed by atoms with Crippen LogP contribution in [0.3, 0.4) is 0 Å². The van der Waals surface area contributed by atoms with E-state index in [9.17, 15) is 5.11 Å². The van der Waals surface area contributed by atoms with E-state index in [-0.39, 0.29) is 0 Å². The van der Waals surface area contributed by atoms with E-state index in [1.54, 1.807) is 0 Å². The highest BCUT2D eigenvalue weighted by Gasteiger charge is 2.23. The minimum absolute atomic E-state index is 0.451. The van der Waals surface area contributed by atoms with E-state index in [0.29, 0.717) is 19.1 Å². The molecule has 0 radical (unpaired) electrons. The van der Waals surface area contributed by atoms with Crippen LogP contribution in [0.15, 0.2) is 72.8 Å². The number of aromatic nitrogens is 1. The second-order valence-electron chi connectivity index (χ2n) is 9.59. The predicted molar refractivity (Wildman–Crippen MR) is 139 cm³/mol. The number of hydrogen-bond donors (Lipinski definition) is 2. The molecular weight excluding hydrogens is 404 g/mol. The SMILES string of the molecule is Cc1cc(C)c2c(c1)c(-c1ccccc1)c(-c1ccccc1)n2C[C@H](O)CNC1CCCC1. The van der Waals surface area contributed by atoms with Gasteiger partial charge in [0, 0.05) is 23.5 Å². The number of aryl methyl sites for hydroxylation is 2. The number of nitrogens with zero attached hydrogens (tertiary/aromatic N) is 1. The van der Waals surface area contributed by atoms with Crippen molar-refractivity contribution in [1.82, 2.24) is 9.88 Å². The summed E-state index contributed by atoms with van der Waals surface area (Å²) in [5.41, 5.74) is 8.56. The number of rotatable bonds is 7. The van der Waals surface area contributed by atoms with Gasteiger partial charge in [-0.1, -0.05) is 85.1 Å². The molecular formula is C30H34N2O. The lowest BCUT2D eigenvalue weighted by Gasteiger charge is -2.20. The Balaban J connectivity index is 1.66. The maximum Gasteiger partial charge on any atom is 0.0843 e. The molecule has 3 heteroatoms. The van der Waals surface area contributed by atoms with E-state index in [1.807, 2.05) is 0 Å². The van der Waals surface area contributed by atoms with Crippen LogP contribution >= 0.6 is 0 Å². The molecule has 0 bridgehead atoms. The van der Waals surface area contributed by atoms with Crippen LogP contribution in [-0.4, -0.2) is 28.4 Å². The summed E-state index contributed by atoms with van der Waals surface area (Å²) < 4.78 is 2.36. The molecule has 1 aliphatic carbocycles. The van der Waals surface area contributed by atoms with Crippen molar-refractivity contribution in [3.63, 3.8) is 0 Å². The lowest BCUT2D eigenvalue weighted by Crippen LogP contribution is -2.36. The third-order valence-electron chi connectivity index (χ3n) is 6.99. The number of nitrogens with one attached hydrogen (secondary N) is 1. The van der Waals surface area contributed by atoms with Crippen molar-refractivity contribution >= 4 is 10.9 Å². The Bertz CT molecular complexity index is 1220. The molecule has 3 nitrogen and oxygen atoms in total. The molecule has 0 aliphatic heterocycles. The molecule has 4 aromatic rings. The van der Waals surface area contributed by atoms with Crippen LogP contribution in [0, 0.1) is 13.8 Å². The first-order valence-corrected chi connectivity index (χ1v) is 12.3. The molecule has 0 spiro atoms. The lowest BCUT2D eigenvalue weighted by atomic mass is 9.97. The Hall–Kier alpha value is -2.88. The molecule has 170 valence electrons. The van der Waals surface area contributed by atoms with Gasteiger partial charge in [0.1, 0.15) is 0 Å². The fourth-order valence-electron chi connectivity index (χ4n) is 5.57. The fraction of sp³-hybridized carbons (Fsp3) is 0.333.